The molecular weight excluding hydrogens is 254 g/mol. The predicted molar refractivity (Wildman–Crippen MR) is 88.8 cm³/mol. The van der Waals surface area contributed by atoms with Crippen molar-refractivity contribution < 1.29 is 0 Å². The summed E-state index contributed by atoms with van der Waals surface area (Å²) in [6.45, 7) is 2.27. The Kier molecular flexibility index (Phi) is 2.00. The van der Waals surface area contributed by atoms with E-state index in [1.54, 1.807) is 0 Å². The smallest absolute Gasteiger partial charge is 0.0473 e. The Balaban J connectivity index is 1.95. The zero-order valence-electron chi connectivity index (χ0n) is 11.9. The first-order valence-electron chi connectivity index (χ1n) is 7.44. The minimum absolute atomic E-state index is 1.06. The van der Waals surface area contributed by atoms with Crippen molar-refractivity contribution >= 4 is 21.8 Å². The van der Waals surface area contributed by atoms with Crippen molar-refractivity contribution in [2.45, 2.75) is 13.3 Å². The molecule has 1 aliphatic carbocycles. The van der Waals surface area contributed by atoms with Crippen molar-refractivity contribution in [3.63, 3.8) is 0 Å². The van der Waals surface area contributed by atoms with Crippen LogP contribution in [0, 0.1) is 6.92 Å². The van der Waals surface area contributed by atoms with Crippen LogP contribution in [0.5, 0.6) is 0 Å². The van der Waals surface area contributed by atoms with Gasteiger partial charge in [0.2, 0.25) is 0 Å². The van der Waals surface area contributed by atoms with Crippen molar-refractivity contribution in [3.8, 4) is 11.1 Å². The molecule has 0 aliphatic heterocycles. The first-order valence-corrected chi connectivity index (χ1v) is 7.44. The van der Waals surface area contributed by atoms with Gasteiger partial charge in [-0.25, -0.2) is 0 Å². The number of fused-ring (bicyclic) bond motifs is 6. The summed E-state index contributed by atoms with van der Waals surface area (Å²) in [5, 5.41) is 2.72. The van der Waals surface area contributed by atoms with E-state index in [2.05, 4.69) is 66.5 Å². The number of aryl methyl sites for hydroxylation is 1. The van der Waals surface area contributed by atoms with Crippen LogP contribution in [0.3, 0.4) is 0 Å². The molecule has 0 amide bonds. The van der Waals surface area contributed by atoms with E-state index in [0.717, 1.165) is 6.42 Å². The van der Waals surface area contributed by atoms with Gasteiger partial charge in [-0.3, -0.25) is 0 Å². The zero-order chi connectivity index (χ0) is 14.0. The standard InChI is InChI=1S/C20H15N/c1-12-16-10-13-6-2-3-7-14(13)17(16)11-19-20(12)15-8-4-5-9-18(15)21-19/h2-9,11,21H,10H2,1H3. The molecule has 0 radical (unpaired) electrons. The minimum atomic E-state index is 1.06. The van der Waals surface area contributed by atoms with E-state index in [1.165, 1.54) is 49.6 Å². The second-order valence-corrected chi connectivity index (χ2v) is 5.95. The molecule has 0 saturated heterocycles. The molecule has 0 bridgehead atoms. The molecule has 0 saturated carbocycles. The van der Waals surface area contributed by atoms with Gasteiger partial charge in [0.1, 0.15) is 0 Å². The van der Waals surface area contributed by atoms with Crippen LogP contribution in [0.2, 0.25) is 0 Å². The van der Waals surface area contributed by atoms with Crippen molar-refractivity contribution in [2.24, 2.45) is 0 Å². The summed E-state index contributed by atoms with van der Waals surface area (Å²) in [4.78, 5) is 3.58. The summed E-state index contributed by atoms with van der Waals surface area (Å²) in [7, 11) is 0. The number of nitrogens with one attached hydrogen (secondary N) is 1. The fraction of sp³-hybridized carbons (Fsp3) is 0.100. The van der Waals surface area contributed by atoms with Gasteiger partial charge in [-0.15, -0.1) is 0 Å². The van der Waals surface area contributed by atoms with Gasteiger partial charge in [0.15, 0.2) is 0 Å². The van der Waals surface area contributed by atoms with Crippen molar-refractivity contribution in [1.82, 2.24) is 4.98 Å². The topological polar surface area (TPSA) is 15.8 Å². The molecule has 1 aromatic heterocycles. The fourth-order valence-corrected chi connectivity index (χ4v) is 3.86. The van der Waals surface area contributed by atoms with E-state index in [4.69, 9.17) is 0 Å². The Bertz CT molecular complexity index is 1020. The van der Waals surface area contributed by atoms with Crippen LogP contribution in [0.15, 0.2) is 54.6 Å². The molecule has 21 heavy (non-hydrogen) atoms. The molecule has 0 fully saturated rings. The predicted octanol–water partition coefficient (Wildman–Crippen LogP) is 5.20. The third-order valence-corrected chi connectivity index (χ3v) is 4.85. The van der Waals surface area contributed by atoms with Gasteiger partial charge in [0.25, 0.3) is 0 Å². The van der Waals surface area contributed by atoms with Gasteiger partial charge in [0, 0.05) is 21.8 Å². The van der Waals surface area contributed by atoms with Crippen molar-refractivity contribution in [1.29, 1.82) is 0 Å². The molecule has 1 heterocycles. The molecule has 100 valence electrons. The SMILES string of the molecule is Cc1c2c(cc3[nH]c4ccccc4c13)-c1ccccc1C2. The summed E-state index contributed by atoms with van der Waals surface area (Å²) >= 11 is 0. The summed E-state index contributed by atoms with van der Waals surface area (Å²) in [6, 6.07) is 19.7. The highest BCUT2D eigenvalue weighted by atomic mass is 14.7. The van der Waals surface area contributed by atoms with E-state index >= 15 is 0 Å². The van der Waals surface area contributed by atoms with E-state index in [0.29, 0.717) is 0 Å². The average Bonchev–Trinajstić information content (AvgIpc) is 3.06. The lowest BCUT2D eigenvalue weighted by atomic mass is 9.97. The molecule has 1 nitrogen and oxygen atoms in total. The minimum Gasteiger partial charge on any atom is -0.354 e. The van der Waals surface area contributed by atoms with Gasteiger partial charge in [-0.1, -0.05) is 42.5 Å². The van der Waals surface area contributed by atoms with E-state index in [1.807, 2.05) is 0 Å². The van der Waals surface area contributed by atoms with Gasteiger partial charge in [-0.05, 0) is 53.3 Å². The van der Waals surface area contributed by atoms with Gasteiger partial charge in [0.05, 0.1) is 0 Å². The van der Waals surface area contributed by atoms with Crippen LogP contribution in [0.1, 0.15) is 16.7 Å². The molecule has 0 spiro atoms. The van der Waals surface area contributed by atoms with Crippen LogP contribution in [0.25, 0.3) is 32.9 Å². The normalized spacial score (nSPS) is 12.8. The third-order valence-electron chi connectivity index (χ3n) is 4.85. The summed E-state index contributed by atoms with van der Waals surface area (Å²) in [6.07, 6.45) is 1.06. The number of aromatic nitrogens is 1. The van der Waals surface area contributed by atoms with Crippen LogP contribution < -0.4 is 0 Å². The van der Waals surface area contributed by atoms with Gasteiger partial charge in [-0.2, -0.15) is 0 Å². The lowest BCUT2D eigenvalue weighted by molar-refractivity contribution is 1.23. The fourth-order valence-electron chi connectivity index (χ4n) is 3.86. The third kappa shape index (κ3) is 1.36. The maximum Gasteiger partial charge on any atom is 0.0473 e. The lowest BCUT2D eigenvalue weighted by Crippen LogP contribution is -1.87. The Morgan fingerprint density at radius 2 is 1.67 bits per heavy atom. The number of hydrogen-bond acceptors (Lipinski definition) is 0. The highest BCUT2D eigenvalue weighted by Crippen LogP contribution is 2.42. The second-order valence-electron chi connectivity index (χ2n) is 5.95. The zero-order valence-corrected chi connectivity index (χ0v) is 11.9. The highest BCUT2D eigenvalue weighted by molar-refractivity contribution is 6.11. The molecule has 0 atom stereocenters. The Morgan fingerprint density at radius 3 is 2.62 bits per heavy atom. The number of rotatable bonds is 0. The second kappa shape index (κ2) is 3.76. The summed E-state index contributed by atoms with van der Waals surface area (Å²) < 4.78 is 0. The first-order chi connectivity index (χ1) is 10.3. The van der Waals surface area contributed by atoms with Gasteiger partial charge < -0.3 is 4.98 Å². The first kappa shape index (κ1) is 11.2. The maximum atomic E-state index is 3.58. The number of benzene rings is 3. The van der Waals surface area contributed by atoms with Crippen LogP contribution in [0.4, 0.5) is 0 Å². The van der Waals surface area contributed by atoms with E-state index in [9.17, 15) is 0 Å². The van der Waals surface area contributed by atoms with Crippen molar-refractivity contribution in [3.05, 3.63) is 71.3 Å². The average molecular weight is 269 g/mol. The highest BCUT2D eigenvalue weighted by Gasteiger charge is 2.22. The molecule has 5 rings (SSSR count). The van der Waals surface area contributed by atoms with Gasteiger partial charge >= 0.3 is 0 Å². The molecule has 3 aromatic carbocycles. The molecule has 1 aliphatic rings. The molecule has 0 unspecified atom stereocenters. The Labute approximate surface area is 123 Å². The quantitative estimate of drug-likeness (QED) is 0.397. The lowest BCUT2D eigenvalue weighted by Gasteiger charge is -2.07. The number of H-pyrrole nitrogens is 1. The Morgan fingerprint density at radius 1 is 0.857 bits per heavy atom. The van der Waals surface area contributed by atoms with Crippen LogP contribution in [-0.2, 0) is 6.42 Å². The van der Waals surface area contributed by atoms with Crippen LogP contribution >= 0.6 is 0 Å². The van der Waals surface area contributed by atoms with Crippen LogP contribution in [-0.4, -0.2) is 4.98 Å². The number of para-hydroxylation sites is 1. The molecule has 4 aromatic rings. The van der Waals surface area contributed by atoms with E-state index < -0.39 is 0 Å². The molecular formula is C20H15N. The molecule has 1 heteroatoms. The number of aromatic amines is 1. The maximum absolute atomic E-state index is 3.58. The largest absolute Gasteiger partial charge is 0.354 e. The summed E-state index contributed by atoms with van der Waals surface area (Å²) in [5.74, 6) is 0. The monoisotopic (exact) mass is 269 g/mol. The van der Waals surface area contributed by atoms with E-state index in [-0.39, 0.29) is 0 Å². The van der Waals surface area contributed by atoms with Crippen molar-refractivity contribution in [2.75, 3.05) is 0 Å². The molecule has 1 N–H and O–H groups in total. The number of hydrogen-bond donors (Lipinski definition) is 1. The Hall–Kier alpha value is -2.54. The summed E-state index contributed by atoms with van der Waals surface area (Å²) in [5.41, 5.74) is 9.66.